The van der Waals surface area contributed by atoms with Crippen LogP contribution in [0.25, 0.3) is 0 Å². The van der Waals surface area contributed by atoms with Crippen molar-refractivity contribution in [3.63, 3.8) is 0 Å². The first-order valence-corrected chi connectivity index (χ1v) is 5.95. The Kier molecular flexibility index (Phi) is 3.97. The quantitative estimate of drug-likeness (QED) is 0.691. The van der Waals surface area contributed by atoms with E-state index in [0.29, 0.717) is 12.6 Å². The van der Waals surface area contributed by atoms with Gasteiger partial charge in [0, 0.05) is 19.2 Å². The van der Waals surface area contributed by atoms with Gasteiger partial charge in [0.2, 0.25) is 5.91 Å². The van der Waals surface area contributed by atoms with Gasteiger partial charge in [-0.3, -0.25) is 4.79 Å². The summed E-state index contributed by atoms with van der Waals surface area (Å²) in [6, 6.07) is 0.320. The number of carbonyl (C=O) groups is 1. The third-order valence-corrected chi connectivity index (χ3v) is 3.19. The average molecular weight is 212 g/mol. The Morgan fingerprint density at radius 3 is 3.07 bits per heavy atom. The molecule has 2 atom stereocenters. The summed E-state index contributed by atoms with van der Waals surface area (Å²) in [5.41, 5.74) is 0. The van der Waals surface area contributed by atoms with E-state index < -0.39 is 0 Å². The van der Waals surface area contributed by atoms with Gasteiger partial charge in [-0.1, -0.05) is 6.42 Å². The monoisotopic (exact) mass is 212 g/mol. The molecular formula is C11H20N2O2. The van der Waals surface area contributed by atoms with Gasteiger partial charge in [0.05, 0.1) is 12.5 Å². The number of carbonyl (C=O) groups excluding carboxylic acids is 1. The van der Waals surface area contributed by atoms with E-state index in [1.807, 2.05) is 0 Å². The Bertz CT molecular complexity index is 207. The maximum absolute atomic E-state index is 11.8. The molecule has 4 heteroatoms. The Morgan fingerprint density at radius 2 is 2.27 bits per heavy atom. The lowest BCUT2D eigenvalue weighted by Crippen LogP contribution is -2.43. The molecule has 86 valence electrons. The van der Waals surface area contributed by atoms with E-state index in [-0.39, 0.29) is 11.8 Å². The third-order valence-electron chi connectivity index (χ3n) is 3.19. The van der Waals surface area contributed by atoms with E-state index >= 15 is 0 Å². The first kappa shape index (κ1) is 10.9. The normalized spacial score (nSPS) is 32.3. The number of rotatable bonds is 2. The van der Waals surface area contributed by atoms with Gasteiger partial charge in [0.15, 0.2) is 0 Å². The highest BCUT2D eigenvalue weighted by Gasteiger charge is 2.25. The first-order valence-electron chi connectivity index (χ1n) is 5.95. The maximum Gasteiger partial charge on any atom is 0.225 e. The second kappa shape index (κ2) is 5.47. The molecule has 4 nitrogen and oxygen atoms in total. The van der Waals surface area contributed by atoms with E-state index in [9.17, 15) is 4.79 Å². The number of hydrogen-bond acceptors (Lipinski definition) is 3. The number of nitrogens with one attached hydrogen (secondary N) is 2. The average Bonchev–Trinajstić information content (AvgIpc) is 2.65. The topological polar surface area (TPSA) is 50.4 Å². The van der Waals surface area contributed by atoms with Crippen molar-refractivity contribution in [3.8, 4) is 0 Å². The fourth-order valence-corrected chi connectivity index (χ4v) is 2.20. The van der Waals surface area contributed by atoms with Crippen molar-refractivity contribution in [2.24, 2.45) is 5.92 Å². The van der Waals surface area contributed by atoms with E-state index in [2.05, 4.69) is 10.6 Å². The molecule has 0 radical (unpaired) electrons. The SMILES string of the molecule is O=C(NC1CCCCNC1)C1CCOC1. The Hall–Kier alpha value is -0.610. The summed E-state index contributed by atoms with van der Waals surface area (Å²) in [7, 11) is 0. The molecule has 2 N–H and O–H groups in total. The second-order valence-electron chi connectivity index (χ2n) is 4.47. The van der Waals surface area contributed by atoms with Crippen LogP contribution in [0.3, 0.4) is 0 Å². The van der Waals surface area contributed by atoms with Gasteiger partial charge in [0.25, 0.3) is 0 Å². The zero-order valence-corrected chi connectivity index (χ0v) is 9.13. The third kappa shape index (κ3) is 3.18. The molecule has 0 spiro atoms. The minimum atomic E-state index is 0.0910. The standard InChI is InChI=1S/C11H20N2O2/c14-11(9-4-6-15-8-9)13-10-3-1-2-5-12-7-10/h9-10,12H,1-8H2,(H,13,14). The van der Waals surface area contributed by atoms with Gasteiger partial charge in [-0.25, -0.2) is 0 Å². The van der Waals surface area contributed by atoms with E-state index in [4.69, 9.17) is 4.74 Å². The molecule has 0 aromatic heterocycles. The van der Waals surface area contributed by atoms with Crippen molar-refractivity contribution in [2.45, 2.75) is 31.7 Å². The van der Waals surface area contributed by atoms with Crippen LogP contribution < -0.4 is 10.6 Å². The Balaban J connectivity index is 1.76. The lowest BCUT2D eigenvalue weighted by Gasteiger charge is -2.18. The van der Waals surface area contributed by atoms with E-state index in [1.54, 1.807) is 0 Å². The lowest BCUT2D eigenvalue weighted by atomic mass is 10.1. The predicted octanol–water partition coefficient (Wildman–Crippen LogP) is 0.281. The molecule has 0 saturated carbocycles. The predicted molar refractivity (Wildman–Crippen MR) is 57.6 cm³/mol. The molecular weight excluding hydrogens is 192 g/mol. The summed E-state index contributed by atoms with van der Waals surface area (Å²) >= 11 is 0. The summed E-state index contributed by atoms with van der Waals surface area (Å²) in [6.07, 6.45) is 4.41. The van der Waals surface area contributed by atoms with Crippen LogP contribution in [0.4, 0.5) is 0 Å². The summed E-state index contributed by atoms with van der Waals surface area (Å²) in [5, 5.41) is 6.47. The van der Waals surface area contributed by atoms with Crippen LogP contribution in [-0.4, -0.2) is 38.3 Å². The molecule has 2 unspecified atom stereocenters. The Morgan fingerprint density at radius 1 is 1.33 bits per heavy atom. The first-order chi connectivity index (χ1) is 7.36. The van der Waals surface area contributed by atoms with Crippen LogP contribution in [0.5, 0.6) is 0 Å². The van der Waals surface area contributed by atoms with Gasteiger partial charge < -0.3 is 15.4 Å². The fourth-order valence-electron chi connectivity index (χ4n) is 2.20. The zero-order valence-electron chi connectivity index (χ0n) is 9.13. The van der Waals surface area contributed by atoms with Crippen LogP contribution in [0.2, 0.25) is 0 Å². The van der Waals surface area contributed by atoms with E-state index in [0.717, 1.165) is 32.5 Å². The lowest BCUT2D eigenvalue weighted by molar-refractivity contribution is -0.125. The van der Waals surface area contributed by atoms with Crippen molar-refractivity contribution in [2.75, 3.05) is 26.3 Å². The van der Waals surface area contributed by atoms with Crippen molar-refractivity contribution >= 4 is 5.91 Å². The van der Waals surface area contributed by atoms with Crippen LogP contribution in [0.15, 0.2) is 0 Å². The summed E-state index contributed by atoms with van der Waals surface area (Å²) in [4.78, 5) is 11.8. The molecule has 2 aliphatic rings. The maximum atomic E-state index is 11.8. The summed E-state index contributed by atoms with van der Waals surface area (Å²) in [5.74, 6) is 0.273. The Labute approximate surface area is 90.8 Å². The minimum Gasteiger partial charge on any atom is -0.381 e. The molecule has 2 heterocycles. The molecule has 2 rings (SSSR count). The van der Waals surface area contributed by atoms with Gasteiger partial charge in [0.1, 0.15) is 0 Å². The highest BCUT2D eigenvalue weighted by Crippen LogP contribution is 2.13. The minimum absolute atomic E-state index is 0.0910. The van der Waals surface area contributed by atoms with Crippen molar-refractivity contribution in [3.05, 3.63) is 0 Å². The molecule has 2 aliphatic heterocycles. The van der Waals surface area contributed by atoms with Crippen molar-refractivity contribution in [1.82, 2.24) is 10.6 Å². The van der Waals surface area contributed by atoms with Gasteiger partial charge in [-0.05, 0) is 25.8 Å². The molecule has 0 aromatic carbocycles. The number of ether oxygens (including phenoxy) is 1. The van der Waals surface area contributed by atoms with Crippen molar-refractivity contribution in [1.29, 1.82) is 0 Å². The van der Waals surface area contributed by atoms with Gasteiger partial charge in [-0.2, -0.15) is 0 Å². The van der Waals surface area contributed by atoms with Gasteiger partial charge >= 0.3 is 0 Å². The molecule has 2 saturated heterocycles. The van der Waals surface area contributed by atoms with Gasteiger partial charge in [-0.15, -0.1) is 0 Å². The van der Waals surface area contributed by atoms with Crippen LogP contribution in [-0.2, 0) is 9.53 Å². The molecule has 0 aliphatic carbocycles. The summed E-state index contributed by atoms with van der Waals surface area (Å²) < 4.78 is 5.22. The summed E-state index contributed by atoms with van der Waals surface area (Å²) in [6.45, 7) is 3.34. The van der Waals surface area contributed by atoms with Crippen LogP contribution in [0, 0.1) is 5.92 Å². The van der Waals surface area contributed by atoms with Crippen LogP contribution in [0.1, 0.15) is 25.7 Å². The van der Waals surface area contributed by atoms with Crippen molar-refractivity contribution < 1.29 is 9.53 Å². The molecule has 0 aromatic rings. The highest BCUT2D eigenvalue weighted by atomic mass is 16.5. The number of amides is 1. The highest BCUT2D eigenvalue weighted by molar-refractivity contribution is 5.79. The number of hydrogen-bond donors (Lipinski definition) is 2. The smallest absolute Gasteiger partial charge is 0.225 e. The fraction of sp³-hybridized carbons (Fsp3) is 0.909. The molecule has 2 fully saturated rings. The largest absolute Gasteiger partial charge is 0.381 e. The molecule has 15 heavy (non-hydrogen) atoms. The zero-order chi connectivity index (χ0) is 10.5. The second-order valence-corrected chi connectivity index (χ2v) is 4.47. The molecule has 1 amide bonds. The molecule has 0 bridgehead atoms. The van der Waals surface area contributed by atoms with E-state index in [1.165, 1.54) is 12.8 Å². The van der Waals surface area contributed by atoms with Crippen LogP contribution >= 0.6 is 0 Å².